The predicted molar refractivity (Wildman–Crippen MR) is 65.3 cm³/mol. The van der Waals surface area contributed by atoms with Gasteiger partial charge in [-0.3, -0.25) is 4.79 Å². The van der Waals surface area contributed by atoms with Crippen molar-refractivity contribution in [3.63, 3.8) is 0 Å². The molecule has 1 fully saturated rings. The number of sulfone groups is 1. The number of rotatable bonds is 4. The maximum atomic E-state index is 11.6. The minimum atomic E-state index is -3.01. The zero-order chi connectivity index (χ0) is 13.2. The van der Waals surface area contributed by atoms with Crippen LogP contribution in [-0.2, 0) is 14.6 Å². The number of hydrogen-bond donors (Lipinski definition) is 1. The number of nitrogens with zero attached hydrogens (tertiary/aromatic N) is 3. The second kappa shape index (κ2) is 5.27. The lowest BCUT2D eigenvalue weighted by atomic mass is 10.2. The summed E-state index contributed by atoms with van der Waals surface area (Å²) in [5.41, 5.74) is 0. The van der Waals surface area contributed by atoms with Crippen LogP contribution < -0.4 is 0 Å². The van der Waals surface area contributed by atoms with Crippen LogP contribution in [0.3, 0.4) is 0 Å². The van der Waals surface area contributed by atoms with E-state index in [-0.39, 0.29) is 23.3 Å². The van der Waals surface area contributed by atoms with Crippen molar-refractivity contribution in [3.8, 4) is 0 Å². The van der Waals surface area contributed by atoms with Crippen LogP contribution in [0.15, 0.2) is 11.5 Å². The number of aromatic nitrogens is 3. The fraction of sp³-hybridized carbons (Fsp3) is 0.667. The topological polar surface area (TPSA) is 102 Å². The largest absolute Gasteiger partial charge is 0.481 e. The minimum Gasteiger partial charge on any atom is -0.481 e. The Kier molecular flexibility index (Phi) is 3.91. The van der Waals surface area contributed by atoms with Gasteiger partial charge in [0.1, 0.15) is 6.33 Å². The fourth-order valence-corrected chi connectivity index (χ4v) is 4.32. The molecule has 0 saturated carbocycles. The molecule has 1 aliphatic heterocycles. The lowest BCUT2D eigenvalue weighted by Gasteiger charge is -2.23. The van der Waals surface area contributed by atoms with Gasteiger partial charge in [0, 0.05) is 0 Å². The van der Waals surface area contributed by atoms with Crippen LogP contribution >= 0.6 is 11.8 Å². The Hall–Kier alpha value is -1.09. The number of carbonyl (C=O) groups is 1. The normalized spacial score (nSPS) is 22.8. The summed E-state index contributed by atoms with van der Waals surface area (Å²) in [6, 6.07) is -0.185. The molecule has 2 rings (SSSR count). The molecule has 0 spiro atoms. The molecular weight excluding hydrogens is 278 g/mol. The second-order valence-electron chi connectivity index (χ2n) is 4.11. The average molecular weight is 291 g/mol. The zero-order valence-electron chi connectivity index (χ0n) is 9.52. The first kappa shape index (κ1) is 13.3. The highest BCUT2D eigenvalue weighted by Gasteiger charge is 2.27. The summed E-state index contributed by atoms with van der Waals surface area (Å²) in [6.07, 6.45) is 2.84. The first-order valence-corrected chi connectivity index (χ1v) is 8.23. The van der Waals surface area contributed by atoms with E-state index in [1.807, 2.05) is 0 Å². The highest BCUT2D eigenvalue weighted by atomic mass is 32.2. The Labute approximate surface area is 109 Å². The highest BCUT2D eigenvalue weighted by Crippen LogP contribution is 2.27. The third-order valence-corrected chi connectivity index (χ3v) is 5.44. The van der Waals surface area contributed by atoms with Crippen molar-refractivity contribution >= 4 is 27.6 Å². The number of hydrogen-bond acceptors (Lipinski definition) is 6. The van der Waals surface area contributed by atoms with Gasteiger partial charge < -0.3 is 9.67 Å². The van der Waals surface area contributed by atoms with Crippen molar-refractivity contribution < 1.29 is 18.3 Å². The molecule has 0 amide bonds. The molecule has 1 aromatic rings. The Bertz CT molecular complexity index is 540. The van der Waals surface area contributed by atoms with Crippen LogP contribution in [0.2, 0.25) is 0 Å². The van der Waals surface area contributed by atoms with Crippen molar-refractivity contribution in [2.24, 2.45) is 0 Å². The molecule has 1 aromatic heterocycles. The number of carboxylic acid groups (broad SMARTS) is 1. The molecule has 2 heterocycles. The number of aliphatic carboxylic acids is 1. The Morgan fingerprint density at radius 2 is 2.39 bits per heavy atom. The molecule has 0 radical (unpaired) electrons. The van der Waals surface area contributed by atoms with Crippen molar-refractivity contribution in [2.75, 3.05) is 17.3 Å². The van der Waals surface area contributed by atoms with E-state index in [9.17, 15) is 13.2 Å². The van der Waals surface area contributed by atoms with Gasteiger partial charge in [-0.25, -0.2) is 8.42 Å². The van der Waals surface area contributed by atoms with E-state index in [0.29, 0.717) is 11.6 Å². The summed E-state index contributed by atoms with van der Waals surface area (Å²) < 4.78 is 24.8. The molecule has 18 heavy (non-hydrogen) atoms. The van der Waals surface area contributed by atoms with Gasteiger partial charge in [0.15, 0.2) is 15.0 Å². The molecule has 0 aromatic carbocycles. The fourth-order valence-electron chi connectivity index (χ4n) is 1.93. The molecule has 1 unspecified atom stereocenters. The van der Waals surface area contributed by atoms with Crippen LogP contribution in [0.1, 0.15) is 18.9 Å². The lowest BCUT2D eigenvalue weighted by molar-refractivity contribution is -0.133. The average Bonchev–Trinajstić information content (AvgIpc) is 2.73. The molecule has 7 nitrogen and oxygen atoms in total. The van der Waals surface area contributed by atoms with Crippen molar-refractivity contribution in [3.05, 3.63) is 6.33 Å². The molecular formula is C9H13N3O4S2. The molecule has 1 atom stereocenters. The van der Waals surface area contributed by atoms with E-state index in [2.05, 4.69) is 10.2 Å². The number of carboxylic acids is 1. The van der Waals surface area contributed by atoms with Gasteiger partial charge >= 0.3 is 5.97 Å². The van der Waals surface area contributed by atoms with Gasteiger partial charge in [0.2, 0.25) is 0 Å². The summed E-state index contributed by atoms with van der Waals surface area (Å²) in [7, 11) is -3.01. The maximum absolute atomic E-state index is 11.6. The number of thioether (sulfide) groups is 1. The Morgan fingerprint density at radius 1 is 1.61 bits per heavy atom. The molecule has 9 heteroatoms. The quantitative estimate of drug-likeness (QED) is 0.791. The molecule has 1 aliphatic rings. The van der Waals surface area contributed by atoms with Crippen LogP contribution in [-0.4, -0.2) is 51.5 Å². The summed E-state index contributed by atoms with van der Waals surface area (Å²) in [4.78, 5) is 10.5. The van der Waals surface area contributed by atoms with Crippen molar-refractivity contribution in [2.45, 2.75) is 24.0 Å². The van der Waals surface area contributed by atoms with E-state index >= 15 is 0 Å². The van der Waals surface area contributed by atoms with E-state index in [1.54, 1.807) is 4.57 Å². The summed E-state index contributed by atoms with van der Waals surface area (Å²) in [6.45, 7) is 0. The summed E-state index contributed by atoms with van der Waals surface area (Å²) in [5.74, 6) is -0.751. The Balaban J connectivity index is 2.13. The molecule has 0 bridgehead atoms. The van der Waals surface area contributed by atoms with Gasteiger partial charge in [0.05, 0.1) is 23.3 Å². The summed E-state index contributed by atoms with van der Waals surface area (Å²) in [5, 5.41) is 16.6. The van der Waals surface area contributed by atoms with Gasteiger partial charge in [-0.05, 0) is 12.8 Å². The maximum Gasteiger partial charge on any atom is 0.313 e. The summed E-state index contributed by atoms with van der Waals surface area (Å²) >= 11 is 1.05. The van der Waals surface area contributed by atoms with Crippen LogP contribution in [0.25, 0.3) is 0 Å². The highest BCUT2D eigenvalue weighted by molar-refractivity contribution is 7.99. The molecule has 1 N–H and O–H groups in total. The van der Waals surface area contributed by atoms with Gasteiger partial charge in [0.25, 0.3) is 0 Å². The first-order chi connectivity index (χ1) is 8.48. The van der Waals surface area contributed by atoms with E-state index < -0.39 is 15.8 Å². The lowest BCUT2D eigenvalue weighted by Crippen LogP contribution is -2.27. The van der Waals surface area contributed by atoms with Crippen LogP contribution in [0, 0.1) is 0 Å². The SMILES string of the molecule is O=C(O)CSc1nncn1C1CCCS(=O)(=O)C1. The third-order valence-electron chi connectivity index (χ3n) is 2.70. The standard InChI is InChI=1S/C9H13N3O4S2/c13-8(14)4-17-9-11-10-6-12(9)7-2-1-3-18(15,16)5-7/h6-7H,1-5H2,(H,13,14). The van der Waals surface area contributed by atoms with Gasteiger partial charge in [-0.2, -0.15) is 0 Å². The zero-order valence-corrected chi connectivity index (χ0v) is 11.2. The van der Waals surface area contributed by atoms with Crippen LogP contribution in [0.5, 0.6) is 0 Å². The predicted octanol–water partition coefficient (Wildman–Crippen LogP) is 0.205. The van der Waals surface area contributed by atoms with E-state index in [1.165, 1.54) is 6.33 Å². The molecule has 0 aliphatic carbocycles. The second-order valence-corrected chi connectivity index (χ2v) is 7.28. The minimum absolute atomic E-state index is 0.0751. The van der Waals surface area contributed by atoms with Crippen LogP contribution in [0.4, 0.5) is 0 Å². The first-order valence-electron chi connectivity index (χ1n) is 5.42. The molecule has 1 saturated heterocycles. The van der Waals surface area contributed by atoms with E-state index in [4.69, 9.17) is 5.11 Å². The third kappa shape index (κ3) is 3.22. The van der Waals surface area contributed by atoms with Gasteiger partial charge in [-0.1, -0.05) is 11.8 Å². The Morgan fingerprint density at radius 3 is 3.06 bits per heavy atom. The monoisotopic (exact) mass is 291 g/mol. The van der Waals surface area contributed by atoms with Gasteiger partial charge in [-0.15, -0.1) is 10.2 Å². The van der Waals surface area contributed by atoms with Crippen molar-refractivity contribution in [1.82, 2.24) is 14.8 Å². The van der Waals surface area contributed by atoms with Crippen molar-refractivity contribution in [1.29, 1.82) is 0 Å². The van der Waals surface area contributed by atoms with E-state index in [0.717, 1.165) is 18.2 Å². The molecule has 100 valence electrons. The smallest absolute Gasteiger partial charge is 0.313 e.